The van der Waals surface area contributed by atoms with Crippen molar-refractivity contribution < 1.29 is 0 Å². The molecule has 74 valence electrons. The maximum atomic E-state index is 7.66. The van der Waals surface area contributed by atoms with Gasteiger partial charge in [0.25, 0.3) is 0 Å². The minimum Gasteiger partial charge on any atom is -0.387 e. The number of hydrogen-bond acceptors (Lipinski definition) is 2. The van der Waals surface area contributed by atoms with E-state index in [0.29, 0.717) is 11.7 Å². The number of nitrogens with zero attached hydrogens (tertiary/aromatic N) is 1. The van der Waals surface area contributed by atoms with Crippen molar-refractivity contribution in [1.29, 1.82) is 5.41 Å². The van der Waals surface area contributed by atoms with Gasteiger partial charge in [0.05, 0.1) is 0 Å². The van der Waals surface area contributed by atoms with E-state index in [-0.39, 0.29) is 5.92 Å². The van der Waals surface area contributed by atoms with Crippen LogP contribution >= 0.6 is 0 Å². The molecule has 0 aromatic carbocycles. The van der Waals surface area contributed by atoms with Crippen molar-refractivity contribution in [1.82, 2.24) is 0 Å². The highest BCUT2D eigenvalue weighted by atomic mass is 14.9. The number of rotatable bonds is 0. The molecule has 1 heterocycles. The van der Waals surface area contributed by atoms with E-state index < -0.39 is 0 Å². The first-order chi connectivity index (χ1) is 6.20. The molecule has 1 aliphatic heterocycles. The summed E-state index contributed by atoms with van der Waals surface area (Å²) in [6, 6.07) is 0. The fraction of sp³-hybridized carbons (Fsp3) is 0.800. The molecule has 1 atom stereocenters. The molecule has 3 N–H and O–H groups in total. The van der Waals surface area contributed by atoms with E-state index in [2.05, 4.69) is 11.9 Å². The molecule has 0 aromatic rings. The maximum Gasteiger partial charge on any atom is 0.125 e. The van der Waals surface area contributed by atoms with Crippen LogP contribution in [-0.4, -0.2) is 11.7 Å². The van der Waals surface area contributed by atoms with Gasteiger partial charge in [-0.05, 0) is 12.8 Å². The van der Waals surface area contributed by atoms with Crippen LogP contribution in [0.15, 0.2) is 4.99 Å². The third-order valence-electron chi connectivity index (χ3n) is 2.55. The summed E-state index contributed by atoms with van der Waals surface area (Å²) in [5, 5.41) is 7.66. The van der Waals surface area contributed by atoms with Gasteiger partial charge >= 0.3 is 0 Å². The van der Waals surface area contributed by atoms with Crippen LogP contribution in [-0.2, 0) is 0 Å². The number of aliphatic imine (C=N–C) groups is 1. The topological polar surface area (TPSA) is 62.2 Å². The van der Waals surface area contributed by atoms with E-state index in [9.17, 15) is 0 Å². The molecule has 0 fully saturated rings. The normalized spacial score (nSPS) is 26.7. The van der Waals surface area contributed by atoms with E-state index in [1.165, 1.54) is 19.3 Å². The smallest absolute Gasteiger partial charge is 0.125 e. The average Bonchev–Trinajstić information content (AvgIpc) is 2.09. The molecule has 0 radical (unpaired) electrons. The van der Waals surface area contributed by atoms with Gasteiger partial charge in [0.2, 0.25) is 0 Å². The molecule has 1 rings (SSSR count). The summed E-state index contributed by atoms with van der Waals surface area (Å²) in [7, 11) is 0. The standard InChI is InChI=1S/C10H19N3/c1-8-6-4-2-3-5-7-9(11)13-10(8)12/h8H,2-7H2,1H3,(H3,11,12,13). The molecular formula is C10H19N3. The van der Waals surface area contributed by atoms with Crippen LogP contribution in [0.25, 0.3) is 0 Å². The van der Waals surface area contributed by atoms with Crippen molar-refractivity contribution >= 4 is 11.7 Å². The lowest BCUT2D eigenvalue weighted by atomic mass is 10.00. The minimum atomic E-state index is 0.275. The first-order valence-electron chi connectivity index (χ1n) is 5.11. The van der Waals surface area contributed by atoms with Crippen molar-refractivity contribution in [3.05, 3.63) is 0 Å². The minimum absolute atomic E-state index is 0.275. The molecule has 0 aromatic heterocycles. The number of nitrogens with one attached hydrogen (secondary N) is 1. The summed E-state index contributed by atoms with van der Waals surface area (Å²) in [5.41, 5.74) is 5.69. The highest BCUT2D eigenvalue weighted by Gasteiger charge is 2.09. The molecule has 0 aliphatic carbocycles. The molecule has 0 spiro atoms. The lowest BCUT2D eigenvalue weighted by Gasteiger charge is -2.12. The summed E-state index contributed by atoms with van der Waals surface area (Å²) in [6.07, 6.45) is 6.79. The zero-order valence-electron chi connectivity index (χ0n) is 8.34. The molecule has 3 heteroatoms. The summed E-state index contributed by atoms with van der Waals surface area (Å²) in [6.45, 7) is 2.06. The summed E-state index contributed by atoms with van der Waals surface area (Å²) >= 11 is 0. The Kier molecular flexibility index (Phi) is 3.93. The number of hydrogen-bond donors (Lipinski definition) is 2. The Balaban J connectivity index is 2.59. The summed E-state index contributed by atoms with van der Waals surface area (Å²) < 4.78 is 0. The van der Waals surface area contributed by atoms with E-state index in [1.807, 2.05) is 0 Å². The van der Waals surface area contributed by atoms with Crippen LogP contribution in [0.1, 0.15) is 45.4 Å². The van der Waals surface area contributed by atoms with Gasteiger partial charge < -0.3 is 5.73 Å². The van der Waals surface area contributed by atoms with Crippen LogP contribution in [0.2, 0.25) is 0 Å². The molecular weight excluding hydrogens is 162 g/mol. The number of amidine groups is 2. The molecule has 0 bridgehead atoms. The van der Waals surface area contributed by atoms with Gasteiger partial charge in [0.15, 0.2) is 0 Å². The quantitative estimate of drug-likeness (QED) is 0.592. The fourth-order valence-corrected chi connectivity index (χ4v) is 1.57. The monoisotopic (exact) mass is 181 g/mol. The van der Waals surface area contributed by atoms with Gasteiger partial charge in [-0.15, -0.1) is 0 Å². The lowest BCUT2D eigenvalue weighted by Crippen LogP contribution is -2.18. The van der Waals surface area contributed by atoms with E-state index >= 15 is 0 Å². The Morgan fingerprint density at radius 3 is 2.77 bits per heavy atom. The lowest BCUT2D eigenvalue weighted by molar-refractivity contribution is 0.566. The van der Waals surface area contributed by atoms with Gasteiger partial charge in [-0.3, -0.25) is 5.41 Å². The second kappa shape index (κ2) is 5.00. The Morgan fingerprint density at radius 1 is 1.31 bits per heavy atom. The van der Waals surface area contributed by atoms with Gasteiger partial charge in [0, 0.05) is 12.3 Å². The molecule has 0 amide bonds. The Labute approximate surface area is 79.9 Å². The van der Waals surface area contributed by atoms with Gasteiger partial charge in [-0.25, -0.2) is 4.99 Å². The van der Waals surface area contributed by atoms with Crippen molar-refractivity contribution in [2.75, 3.05) is 0 Å². The highest BCUT2D eigenvalue weighted by Crippen LogP contribution is 2.14. The van der Waals surface area contributed by atoms with E-state index in [0.717, 1.165) is 19.3 Å². The predicted octanol–water partition coefficient (Wildman–Crippen LogP) is 2.31. The first-order valence-corrected chi connectivity index (χ1v) is 5.11. The molecule has 1 unspecified atom stereocenters. The largest absolute Gasteiger partial charge is 0.387 e. The Bertz CT molecular complexity index is 208. The van der Waals surface area contributed by atoms with Crippen LogP contribution < -0.4 is 5.73 Å². The van der Waals surface area contributed by atoms with Crippen molar-refractivity contribution in [3.8, 4) is 0 Å². The second-order valence-electron chi connectivity index (χ2n) is 3.84. The fourth-order valence-electron chi connectivity index (χ4n) is 1.57. The Hall–Kier alpha value is -0.860. The SMILES string of the molecule is CC1CCCCCCC(N)=NC1=N. The molecule has 0 saturated heterocycles. The van der Waals surface area contributed by atoms with E-state index in [1.54, 1.807) is 0 Å². The van der Waals surface area contributed by atoms with Gasteiger partial charge in [0.1, 0.15) is 11.7 Å². The van der Waals surface area contributed by atoms with E-state index in [4.69, 9.17) is 11.1 Å². The van der Waals surface area contributed by atoms with Crippen LogP contribution in [0, 0.1) is 11.3 Å². The molecule has 1 aliphatic rings. The zero-order chi connectivity index (χ0) is 9.68. The zero-order valence-corrected chi connectivity index (χ0v) is 8.34. The third-order valence-corrected chi connectivity index (χ3v) is 2.55. The molecule has 0 saturated carbocycles. The summed E-state index contributed by atoms with van der Waals surface area (Å²) in [4.78, 5) is 4.10. The maximum absolute atomic E-state index is 7.66. The number of nitrogens with two attached hydrogens (primary N) is 1. The molecule has 13 heavy (non-hydrogen) atoms. The van der Waals surface area contributed by atoms with Crippen molar-refractivity contribution in [3.63, 3.8) is 0 Å². The van der Waals surface area contributed by atoms with Crippen LogP contribution in [0.3, 0.4) is 0 Å². The third kappa shape index (κ3) is 3.57. The Morgan fingerprint density at radius 2 is 2.00 bits per heavy atom. The second-order valence-corrected chi connectivity index (χ2v) is 3.84. The summed E-state index contributed by atoms with van der Waals surface area (Å²) in [5.74, 6) is 1.37. The average molecular weight is 181 g/mol. The predicted molar refractivity (Wildman–Crippen MR) is 56.2 cm³/mol. The van der Waals surface area contributed by atoms with Crippen LogP contribution in [0.4, 0.5) is 0 Å². The highest BCUT2D eigenvalue weighted by molar-refractivity contribution is 5.95. The van der Waals surface area contributed by atoms with Gasteiger partial charge in [-0.2, -0.15) is 0 Å². The van der Waals surface area contributed by atoms with Crippen molar-refractivity contribution in [2.24, 2.45) is 16.6 Å². The molecule has 3 nitrogen and oxygen atoms in total. The first kappa shape index (κ1) is 10.2. The van der Waals surface area contributed by atoms with Gasteiger partial charge in [-0.1, -0.05) is 26.2 Å². The van der Waals surface area contributed by atoms with Crippen molar-refractivity contribution in [2.45, 2.75) is 45.4 Å². The van der Waals surface area contributed by atoms with Crippen LogP contribution in [0.5, 0.6) is 0 Å².